The number of piperidine rings is 2. The first-order valence-electron chi connectivity index (χ1n) is 12.2. The average Bonchev–Trinajstić information content (AvgIpc) is 2.72. The van der Waals surface area contributed by atoms with Crippen molar-refractivity contribution < 1.29 is 14.3 Å². The van der Waals surface area contributed by atoms with Crippen LogP contribution in [0.1, 0.15) is 73.6 Å². The number of hydrogen-bond donors (Lipinski definition) is 1. The van der Waals surface area contributed by atoms with Crippen LogP contribution in [-0.2, 0) is 9.47 Å². The molecule has 2 heterocycles. The van der Waals surface area contributed by atoms with E-state index < -0.39 is 5.60 Å². The van der Waals surface area contributed by atoms with Gasteiger partial charge in [0.1, 0.15) is 5.60 Å². The van der Waals surface area contributed by atoms with Crippen LogP contribution in [0.5, 0.6) is 0 Å². The number of carbonyl (C=O) groups is 1. The van der Waals surface area contributed by atoms with Gasteiger partial charge in [0.15, 0.2) is 0 Å². The fraction of sp³-hybridized carbons (Fsp3) is 0.808. The van der Waals surface area contributed by atoms with Crippen LogP contribution in [0.3, 0.4) is 0 Å². The van der Waals surface area contributed by atoms with Crippen LogP contribution in [0.25, 0.3) is 0 Å². The lowest BCUT2D eigenvalue weighted by atomic mass is 9.68. The molecule has 184 valence electrons. The van der Waals surface area contributed by atoms with Crippen LogP contribution in [0, 0.1) is 17.3 Å². The SMILES string of the molecule is C=C1[C@H](CC(C)(C(=C)OC)C(N)C(C)C)CCCN1C1CCN(C(=O)OC(C)(C)C)CC1. The molecule has 2 unspecified atom stereocenters. The summed E-state index contributed by atoms with van der Waals surface area (Å²) >= 11 is 0. The van der Waals surface area contributed by atoms with E-state index in [1.165, 1.54) is 5.70 Å². The average molecular weight is 450 g/mol. The Labute approximate surface area is 196 Å². The molecule has 6 nitrogen and oxygen atoms in total. The van der Waals surface area contributed by atoms with Gasteiger partial charge in [-0.05, 0) is 64.7 Å². The molecule has 2 fully saturated rings. The van der Waals surface area contributed by atoms with E-state index in [1.807, 2.05) is 25.7 Å². The van der Waals surface area contributed by atoms with E-state index in [0.717, 1.165) is 57.5 Å². The maximum absolute atomic E-state index is 12.4. The van der Waals surface area contributed by atoms with Crippen molar-refractivity contribution in [2.75, 3.05) is 26.7 Å². The Balaban J connectivity index is 2.04. The summed E-state index contributed by atoms with van der Waals surface area (Å²) in [4.78, 5) is 16.8. The van der Waals surface area contributed by atoms with Crippen LogP contribution in [0.4, 0.5) is 4.79 Å². The number of allylic oxidation sites excluding steroid dienone is 1. The van der Waals surface area contributed by atoms with E-state index in [-0.39, 0.29) is 17.6 Å². The Morgan fingerprint density at radius 2 is 1.75 bits per heavy atom. The number of carbonyl (C=O) groups excluding carboxylic acids is 1. The van der Waals surface area contributed by atoms with Crippen molar-refractivity contribution in [1.29, 1.82) is 0 Å². The second-order valence-corrected chi connectivity index (χ2v) is 11.2. The Hall–Kier alpha value is -1.69. The number of amides is 1. The summed E-state index contributed by atoms with van der Waals surface area (Å²) < 4.78 is 11.2. The van der Waals surface area contributed by atoms with E-state index in [1.54, 1.807) is 7.11 Å². The maximum atomic E-state index is 12.4. The van der Waals surface area contributed by atoms with E-state index in [4.69, 9.17) is 15.2 Å². The van der Waals surface area contributed by atoms with Gasteiger partial charge in [0.2, 0.25) is 0 Å². The third kappa shape index (κ3) is 6.21. The monoisotopic (exact) mass is 449 g/mol. The Morgan fingerprint density at radius 1 is 1.16 bits per heavy atom. The Morgan fingerprint density at radius 3 is 2.25 bits per heavy atom. The van der Waals surface area contributed by atoms with Gasteiger partial charge >= 0.3 is 6.09 Å². The normalized spacial score (nSPS) is 23.7. The smallest absolute Gasteiger partial charge is 0.410 e. The van der Waals surface area contributed by atoms with Crippen molar-refractivity contribution >= 4 is 6.09 Å². The number of ether oxygens (including phenoxy) is 2. The number of hydrogen-bond acceptors (Lipinski definition) is 5. The zero-order valence-electron chi connectivity index (χ0n) is 21.6. The summed E-state index contributed by atoms with van der Waals surface area (Å²) in [6.45, 7) is 23.5. The number of methoxy groups -OCH3 is 1. The summed E-state index contributed by atoms with van der Waals surface area (Å²) in [6.07, 6.45) is 4.83. The molecular weight excluding hydrogens is 402 g/mol. The summed E-state index contributed by atoms with van der Waals surface area (Å²) in [5, 5.41) is 0. The predicted molar refractivity (Wildman–Crippen MR) is 131 cm³/mol. The number of nitrogens with zero attached hydrogens (tertiary/aromatic N) is 2. The quantitative estimate of drug-likeness (QED) is 0.544. The van der Waals surface area contributed by atoms with Crippen LogP contribution >= 0.6 is 0 Å². The highest BCUT2D eigenvalue weighted by Crippen LogP contribution is 2.44. The first kappa shape index (κ1) is 26.6. The molecule has 0 aliphatic carbocycles. The van der Waals surface area contributed by atoms with Gasteiger partial charge in [0.25, 0.3) is 0 Å². The Kier molecular flexibility index (Phi) is 8.71. The fourth-order valence-electron chi connectivity index (χ4n) is 5.29. The zero-order valence-corrected chi connectivity index (χ0v) is 21.6. The highest BCUT2D eigenvalue weighted by Gasteiger charge is 2.42. The molecule has 0 aromatic carbocycles. The van der Waals surface area contributed by atoms with Crippen LogP contribution < -0.4 is 5.73 Å². The highest BCUT2D eigenvalue weighted by molar-refractivity contribution is 5.68. The second kappa shape index (κ2) is 10.5. The molecule has 2 aliphatic rings. The van der Waals surface area contributed by atoms with E-state index in [2.05, 4.69) is 38.8 Å². The maximum Gasteiger partial charge on any atom is 0.410 e. The molecule has 0 aromatic rings. The van der Waals surface area contributed by atoms with Gasteiger partial charge in [-0.3, -0.25) is 0 Å². The number of nitrogens with two attached hydrogens (primary N) is 1. The molecule has 0 radical (unpaired) electrons. The lowest BCUT2D eigenvalue weighted by Crippen LogP contribution is -2.51. The van der Waals surface area contributed by atoms with E-state index in [0.29, 0.717) is 17.9 Å². The Bertz CT molecular complexity index is 676. The van der Waals surface area contributed by atoms with Crippen LogP contribution in [0.15, 0.2) is 24.6 Å². The molecule has 2 N–H and O–H groups in total. The molecule has 0 aromatic heterocycles. The topological polar surface area (TPSA) is 68.0 Å². The van der Waals surface area contributed by atoms with Crippen molar-refractivity contribution in [3.63, 3.8) is 0 Å². The lowest BCUT2D eigenvalue weighted by molar-refractivity contribution is 0.0139. The number of rotatable bonds is 7. The molecule has 0 bridgehead atoms. The first-order valence-corrected chi connectivity index (χ1v) is 12.2. The molecule has 3 atom stereocenters. The summed E-state index contributed by atoms with van der Waals surface area (Å²) in [5.41, 5.74) is 7.11. The van der Waals surface area contributed by atoms with Crippen molar-refractivity contribution in [2.45, 2.75) is 91.3 Å². The summed E-state index contributed by atoms with van der Waals surface area (Å²) in [7, 11) is 1.69. The summed E-state index contributed by atoms with van der Waals surface area (Å²) in [5.74, 6) is 1.45. The molecule has 0 spiro atoms. The molecular formula is C26H47N3O3. The van der Waals surface area contributed by atoms with E-state index in [9.17, 15) is 4.79 Å². The van der Waals surface area contributed by atoms with Crippen molar-refractivity contribution in [3.8, 4) is 0 Å². The van der Waals surface area contributed by atoms with E-state index >= 15 is 0 Å². The van der Waals surface area contributed by atoms with Gasteiger partial charge in [0, 0.05) is 42.8 Å². The standard InChI is InChI=1S/C26H47N3O3/c1-18(2)23(27)26(8,20(4)31-9)17-21-11-10-14-29(19(21)3)22-12-15-28(16-13-22)24(30)32-25(5,6)7/h18,21-23H,3-4,10-17,27H2,1-2,5-9H3/t21-,23?,26?/m0/s1. The van der Waals surface area contributed by atoms with Crippen molar-refractivity contribution in [2.24, 2.45) is 23.0 Å². The molecule has 0 saturated carbocycles. The molecule has 2 saturated heterocycles. The van der Waals surface area contributed by atoms with Gasteiger partial charge in [-0.25, -0.2) is 4.79 Å². The summed E-state index contributed by atoms with van der Waals surface area (Å²) in [6, 6.07) is 0.384. The second-order valence-electron chi connectivity index (χ2n) is 11.2. The molecule has 6 heteroatoms. The first-order chi connectivity index (χ1) is 14.8. The molecule has 2 rings (SSSR count). The van der Waals surface area contributed by atoms with Crippen molar-refractivity contribution in [1.82, 2.24) is 9.80 Å². The van der Waals surface area contributed by atoms with Crippen LogP contribution in [-0.4, -0.2) is 60.3 Å². The van der Waals surface area contributed by atoms with Gasteiger partial charge in [-0.1, -0.05) is 33.9 Å². The molecule has 2 aliphatic heterocycles. The minimum atomic E-state index is -0.460. The highest BCUT2D eigenvalue weighted by atomic mass is 16.6. The van der Waals surface area contributed by atoms with Gasteiger partial charge in [0.05, 0.1) is 12.9 Å². The predicted octanol–water partition coefficient (Wildman–Crippen LogP) is 5.15. The zero-order chi connectivity index (χ0) is 24.3. The molecule has 32 heavy (non-hydrogen) atoms. The van der Waals surface area contributed by atoms with Crippen LogP contribution in [0.2, 0.25) is 0 Å². The number of likely N-dealkylation sites (tertiary alicyclic amines) is 2. The van der Waals surface area contributed by atoms with Gasteiger partial charge in [-0.15, -0.1) is 0 Å². The molecule has 1 amide bonds. The minimum Gasteiger partial charge on any atom is -0.501 e. The van der Waals surface area contributed by atoms with Gasteiger partial charge < -0.3 is 25.0 Å². The van der Waals surface area contributed by atoms with Gasteiger partial charge in [-0.2, -0.15) is 0 Å². The van der Waals surface area contributed by atoms with Crippen molar-refractivity contribution in [3.05, 3.63) is 24.6 Å². The third-order valence-corrected chi connectivity index (χ3v) is 7.36. The largest absolute Gasteiger partial charge is 0.501 e. The third-order valence-electron chi connectivity index (χ3n) is 7.36. The minimum absolute atomic E-state index is 0.0322. The fourth-order valence-corrected chi connectivity index (χ4v) is 5.29. The lowest BCUT2D eigenvalue weighted by Gasteiger charge is -2.48.